The molecule has 0 N–H and O–H groups in total. The zero-order chi connectivity index (χ0) is 10.3. The molecule has 0 spiro atoms. The van der Waals surface area contributed by atoms with Crippen molar-refractivity contribution in [2.24, 2.45) is 5.41 Å². The van der Waals surface area contributed by atoms with Crippen molar-refractivity contribution in [1.29, 1.82) is 0 Å². The van der Waals surface area contributed by atoms with Gasteiger partial charge in [-0.1, -0.05) is 27.7 Å². The third kappa shape index (κ3) is 8.26. The Kier molecular flexibility index (Phi) is 6.35. The molecule has 0 saturated carbocycles. The third-order valence-corrected chi connectivity index (χ3v) is 1.83. The highest BCUT2D eigenvalue weighted by Crippen LogP contribution is 2.22. The van der Waals surface area contributed by atoms with E-state index in [4.69, 9.17) is 9.47 Å². The Balaban J connectivity index is 3.63. The molecule has 1 atom stereocenters. The van der Waals surface area contributed by atoms with Crippen molar-refractivity contribution < 1.29 is 9.47 Å². The molecule has 0 radical (unpaired) electrons. The number of methoxy groups -OCH3 is 1. The van der Waals surface area contributed by atoms with Gasteiger partial charge in [-0.3, -0.25) is 0 Å². The van der Waals surface area contributed by atoms with Gasteiger partial charge in [0, 0.05) is 13.7 Å². The lowest BCUT2D eigenvalue weighted by atomic mass is 9.89. The minimum Gasteiger partial charge on any atom is -0.379 e. The Morgan fingerprint density at radius 1 is 1.23 bits per heavy atom. The fourth-order valence-corrected chi connectivity index (χ4v) is 1.25. The second kappa shape index (κ2) is 6.39. The van der Waals surface area contributed by atoms with Gasteiger partial charge in [0.25, 0.3) is 0 Å². The third-order valence-electron chi connectivity index (χ3n) is 1.83. The summed E-state index contributed by atoms with van der Waals surface area (Å²) < 4.78 is 10.8. The van der Waals surface area contributed by atoms with E-state index in [1.807, 2.05) is 0 Å². The highest BCUT2D eigenvalue weighted by atomic mass is 16.5. The Labute approximate surface area is 82.6 Å². The summed E-state index contributed by atoms with van der Waals surface area (Å²) in [7, 11) is 1.76. The second-order valence-corrected chi connectivity index (χ2v) is 4.70. The summed E-state index contributed by atoms with van der Waals surface area (Å²) in [4.78, 5) is 0. The fourth-order valence-electron chi connectivity index (χ4n) is 1.25. The van der Waals surface area contributed by atoms with Gasteiger partial charge in [0.1, 0.15) is 0 Å². The zero-order valence-corrected chi connectivity index (χ0v) is 9.72. The highest BCUT2D eigenvalue weighted by molar-refractivity contribution is 4.68. The van der Waals surface area contributed by atoms with E-state index in [9.17, 15) is 0 Å². The predicted molar refractivity (Wildman–Crippen MR) is 56.0 cm³/mol. The molecule has 0 amide bonds. The molecule has 2 heteroatoms. The van der Waals surface area contributed by atoms with E-state index in [1.54, 1.807) is 7.11 Å². The molecule has 0 aromatic carbocycles. The van der Waals surface area contributed by atoms with Crippen LogP contribution in [0.2, 0.25) is 0 Å². The minimum absolute atomic E-state index is 0.242. The predicted octanol–water partition coefficient (Wildman–Crippen LogP) is 2.86. The summed E-state index contributed by atoms with van der Waals surface area (Å²) in [5.41, 5.74) is 0.316. The molecular formula is C11H24O2. The topological polar surface area (TPSA) is 18.5 Å². The lowest BCUT2D eigenvalue weighted by Crippen LogP contribution is -2.24. The van der Waals surface area contributed by atoms with Crippen molar-refractivity contribution in [3.63, 3.8) is 0 Å². The summed E-state index contributed by atoms with van der Waals surface area (Å²) in [5, 5.41) is 0. The van der Waals surface area contributed by atoms with E-state index in [-0.39, 0.29) is 6.10 Å². The molecule has 1 unspecified atom stereocenters. The first-order chi connectivity index (χ1) is 5.99. The van der Waals surface area contributed by atoms with Gasteiger partial charge in [-0.2, -0.15) is 0 Å². The van der Waals surface area contributed by atoms with E-state index in [2.05, 4.69) is 27.7 Å². The molecule has 0 aliphatic carbocycles. The van der Waals surface area contributed by atoms with Crippen molar-refractivity contribution in [1.82, 2.24) is 0 Å². The van der Waals surface area contributed by atoms with Crippen molar-refractivity contribution in [3.05, 3.63) is 0 Å². The first-order valence-electron chi connectivity index (χ1n) is 5.10. The van der Waals surface area contributed by atoms with Crippen LogP contribution in [-0.4, -0.2) is 26.4 Å². The molecule has 0 heterocycles. The van der Waals surface area contributed by atoms with E-state index in [1.165, 1.54) is 0 Å². The molecule has 0 aliphatic rings. The molecule has 13 heavy (non-hydrogen) atoms. The number of rotatable bonds is 6. The van der Waals surface area contributed by atoms with Gasteiger partial charge in [0.05, 0.1) is 12.7 Å². The van der Waals surface area contributed by atoms with E-state index < -0.39 is 0 Å². The molecule has 0 saturated heterocycles. The zero-order valence-electron chi connectivity index (χ0n) is 9.72. The Morgan fingerprint density at radius 3 is 2.23 bits per heavy atom. The summed E-state index contributed by atoms with van der Waals surface area (Å²) in [5.74, 6) is 0. The van der Waals surface area contributed by atoms with Gasteiger partial charge >= 0.3 is 0 Å². The Morgan fingerprint density at radius 2 is 1.85 bits per heavy atom. The van der Waals surface area contributed by atoms with Crippen molar-refractivity contribution in [2.45, 2.75) is 46.6 Å². The fraction of sp³-hybridized carbons (Fsp3) is 1.00. The SMILES string of the molecule is CCCOCC(CC(C)(C)C)OC. The molecule has 0 bridgehead atoms. The van der Waals surface area contributed by atoms with Crippen molar-refractivity contribution >= 4 is 0 Å². The summed E-state index contributed by atoms with van der Waals surface area (Å²) in [6.07, 6.45) is 2.37. The maximum absolute atomic E-state index is 5.46. The average molecular weight is 188 g/mol. The lowest BCUT2D eigenvalue weighted by molar-refractivity contribution is -0.0109. The van der Waals surface area contributed by atoms with Gasteiger partial charge in [0.15, 0.2) is 0 Å². The van der Waals surface area contributed by atoms with Gasteiger partial charge in [0.2, 0.25) is 0 Å². The number of ether oxygens (including phenoxy) is 2. The van der Waals surface area contributed by atoms with Crippen LogP contribution in [0.5, 0.6) is 0 Å². The number of hydrogen-bond donors (Lipinski definition) is 0. The van der Waals surface area contributed by atoms with Crippen molar-refractivity contribution in [3.8, 4) is 0 Å². The number of hydrogen-bond acceptors (Lipinski definition) is 2. The van der Waals surface area contributed by atoms with Gasteiger partial charge < -0.3 is 9.47 Å². The molecule has 80 valence electrons. The van der Waals surface area contributed by atoms with Crippen LogP contribution < -0.4 is 0 Å². The largest absolute Gasteiger partial charge is 0.379 e. The minimum atomic E-state index is 0.242. The quantitative estimate of drug-likeness (QED) is 0.597. The van der Waals surface area contributed by atoms with Crippen LogP contribution >= 0.6 is 0 Å². The van der Waals surface area contributed by atoms with Crippen LogP contribution in [0.15, 0.2) is 0 Å². The van der Waals surface area contributed by atoms with Crippen LogP contribution in [0, 0.1) is 5.41 Å². The molecule has 2 nitrogen and oxygen atoms in total. The van der Waals surface area contributed by atoms with Gasteiger partial charge in [-0.25, -0.2) is 0 Å². The highest BCUT2D eigenvalue weighted by Gasteiger charge is 2.18. The maximum Gasteiger partial charge on any atom is 0.0809 e. The molecule has 0 aromatic rings. The van der Waals surface area contributed by atoms with Gasteiger partial charge in [-0.05, 0) is 18.3 Å². The monoisotopic (exact) mass is 188 g/mol. The van der Waals surface area contributed by atoms with Crippen LogP contribution in [0.25, 0.3) is 0 Å². The standard InChI is InChI=1S/C11H24O2/c1-6-7-13-9-10(12-5)8-11(2,3)4/h10H,6-9H2,1-5H3. The van der Waals surface area contributed by atoms with E-state index >= 15 is 0 Å². The lowest BCUT2D eigenvalue weighted by Gasteiger charge is -2.24. The Hall–Kier alpha value is -0.0800. The van der Waals surface area contributed by atoms with Crippen molar-refractivity contribution in [2.75, 3.05) is 20.3 Å². The van der Waals surface area contributed by atoms with E-state index in [0.717, 1.165) is 26.1 Å². The van der Waals surface area contributed by atoms with E-state index in [0.29, 0.717) is 5.41 Å². The first-order valence-corrected chi connectivity index (χ1v) is 5.10. The molecular weight excluding hydrogens is 164 g/mol. The van der Waals surface area contributed by atoms with Gasteiger partial charge in [-0.15, -0.1) is 0 Å². The summed E-state index contributed by atoms with van der Waals surface area (Å²) in [6.45, 7) is 10.3. The average Bonchev–Trinajstić information content (AvgIpc) is 2.01. The van der Waals surface area contributed by atoms with Crippen LogP contribution in [-0.2, 0) is 9.47 Å². The molecule has 0 rings (SSSR count). The normalized spacial score (nSPS) is 14.5. The smallest absolute Gasteiger partial charge is 0.0809 e. The summed E-state index contributed by atoms with van der Waals surface area (Å²) in [6, 6.07) is 0. The Bertz CT molecular complexity index is 116. The molecule has 0 aliphatic heterocycles. The van der Waals surface area contributed by atoms with Crippen LogP contribution in [0.4, 0.5) is 0 Å². The second-order valence-electron chi connectivity index (χ2n) is 4.70. The molecule has 0 fully saturated rings. The molecule has 0 aromatic heterocycles. The summed E-state index contributed by atoms with van der Waals surface area (Å²) >= 11 is 0. The van der Waals surface area contributed by atoms with Crippen LogP contribution in [0.3, 0.4) is 0 Å². The van der Waals surface area contributed by atoms with Crippen LogP contribution in [0.1, 0.15) is 40.5 Å². The first kappa shape index (κ1) is 12.9. The maximum atomic E-state index is 5.46.